The number of benzene rings is 1. The Bertz CT molecular complexity index is 1230. The summed E-state index contributed by atoms with van der Waals surface area (Å²) in [5.74, 6) is -0.452. The number of rotatable bonds is 1. The highest BCUT2D eigenvalue weighted by Crippen LogP contribution is 2.42. The second kappa shape index (κ2) is 7.47. The van der Waals surface area contributed by atoms with Gasteiger partial charge in [-0.1, -0.05) is 35.9 Å². The molecule has 2 atom stereocenters. The van der Waals surface area contributed by atoms with Gasteiger partial charge in [0.05, 0.1) is 5.69 Å². The molecule has 5 nitrogen and oxygen atoms in total. The number of carbonyl (C=O) groups is 1. The second-order valence-corrected chi connectivity index (χ2v) is 9.06. The number of halogens is 4. The summed E-state index contributed by atoms with van der Waals surface area (Å²) in [5.41, 5.74) is 0.704. The summed E-state index contributed by atoms with van der Waals surface area (Å²) in [6, 6.07) is 7.22. The molecule has 0 bridgehead atoms. The highest BCUT2D eigenvalue weighted by atomic mass is 35.5. The predicted octanol–water partition coefficient (Wildman–Crippen LogP) is 5.57. The van der Waals surface area contributed by atoms with Crippen LogP contribution >= 0.6 is 11.6 Å². The predicted molar refractivity (Wildman–Crippen MR) is 115 cm³/mol. The van der Waals surface area contributed by atoms with Crippen molar-refractivity contribution in [2.45, 2.75) is 64.2 Å². The van der Waals surface area contributed by atoms with Crippen molar-refractivity contribution < 1.29 is 18.0 Å². The lowest BCUT2D eigenvalue weighted by Gasteiger charge is -2.38. The third kappa shape index (κ3) is 3.18. The molecule has 0 N–H and O–H groups in total. The summed E-state index contributed by atoms with van der Waals surface area (Å²) in [5, 5.41) is 3.96. The van der Waals surface area contributed by atoms with Crippen LogP contribution < -0.4 is 0 Å². The maximum Gasteiger partial charge on any atom is 0.433 e. The second-order valence-electron chi connectivity index (χ2n) is 8.68. The standard InChI is InChI=1S/C23H22ClF3N4O/c1-12-6-5-7-13(2)30(12)22(32)19-17(24)21-28-18-15-9-4-3-8-14(15)10-11-16(18)20(23(25,26)27)31(21)29-19/h3-4,8-9,12-13H,5-7,10-11H2,1-2H3/t12-,13-/m0/s1. The van der Waals surface area contributed by atoms with Crippen molar-refractivity contribution in [3.63, 3.8) is 0 Å². The minimum Gasteiger partial charge on any atom is -0.332 e. The molecule has 2 aliphatic rings. The van der Waals surface area contributed by atoms with Crippen molar-refractivity contribution in [1.82, 2.24) is 19.5 Å². The van der Waals surface area contributed by atoms with Crippen molar-refractivity contribution in [3.8, 4) is 11.3 Å². The van der Waals surface area contributed by atoms with Gasteiger partial charge < -0.3 is 4.90 Å². The van der Waals surface area contributed by atoms with E-state index in [0.717, 1.165) is 29.3 Å². The first kappa shape index (κ1) is 21.2. The third-order valence-electron chi connectivity index (χ3n) is 6.62. The first-order valence-corrected chi connectivity index (χ1v) is 11.2. The van der Waals surface area contributed by atoms with Crippen LogP contribution in [0.1, 0.15) is 60.4 Å². The van der Waals surface area contributed by atoms with Gasteiger partial charge in [0.25, 0.3) is 5.91 Å². The summed E-state index contributed by atoms with van der Waals surface area (Å²) >= 11 is 6.50. The van der Waals surface area contributed by atoms with Gasteiger partial charge in [-0.05, 0) is 51.5 Å². The van der Waals surface area contributed by atoms with E-state index in [-0.39, 0.29) is 46.1 Å². The molecule has 0 spiro atoms. The number of piperidine rings is 1. The molecular weight excluding hydrogens is 441 g/mol. The number of fused-ring (bicyclic) bond motifs is 4. The van der Waals surface area contributed by atoms with Crippen LogP contribution in [0.15, 0.2) is 24.3 Å². The van der Waals surface area contributed by atoms with Crippen LogP contribution in [0, 0.1) is 0 Å². The molecule has 1 aliphatic heterocycles. The lowest BCUT2D eigenvalue weighted by Crippen LogP contribution is -2.47. The van der Waals surface area contributed by atoms with Gasteiger partial charge in [0.15, 0.2) is 17.0 Å². The smallest absolute Gasteiger partial charge is 0.332 e. The van der Waals surface area contributed by atoms with E-state index >= 15 is 0 Å². The van der Waals surface area contributed by atoms with Gasteiger partial charge in [-0.25, -0.2) is 9.50 Å². The van der Waals surface area contributed by atoms with Gasteiger partial charge in [0, 0.05) is 23.2 Å². The molecule has 0 saturated carbocycles. The molecule has 9 heteroatoms. The molecule has 3 aromatic rings. The molecule has 32 heavy (non-hydrogen) atoms. The maximum absolute atomic E-state index is 14.3. The van der Waals surface area contributed by atoms with Crippen molar-refractivity contribution in [1.29, 1.82) is 0 Å². The molecule has 3 heterocycles. The highest BCUT2D eigenvalue weighted by molar-refractivity contribution is 6.36. The van der Waals surface area contributed by atoms with Crippen molar-refractivity contribution >= 4 is 23.2 Å². The highest BCUT2D eigenvalue weighted by Gasteiger charge is 2.42. The number of nitrogens with zero attached hydrogens (tertiary/aromatic N) is 4. The van der Waals surface area contributed by atoms with Crippen LogP contribution in [-0.2, 0) is 19.0 Å². The lowest BCUT2D eigenvalue weighted by atomic mass is 9.88. The fourth-order valence-corrected chi connectivity index (χ4v) is 5.36. The van der Waals surface area contributed by atoms with E-state index < -0.39 is 17.8 Å². The first-order chi connectivity index (χ1) is 15.2. The molecule has 1 aromatic carbocycles. The minimum atomic E-state index is -4.68. The summed E-state index contributed by atoms with van der Waals surface area (Å²) in [4.78, 5) is 19.5. The molecule has 1 fully saturated rings. The molecule has 168 valence electrons. The van der Waals surface area contributed by atoms with E-state index in [2.05, 4.69) is 10.1 Å². The van der Waals surface area contributed by atoms with E-state index in [9.17, 15) is 18.0 Å². The van der Waals surface area contributed by atoms with Gasteiger partial charge in [0.2, 0.25) is 0 Å². The zero-order chi connectivity index (χ0) is 22.8. The number of aromatic nitrogens is 3. The quantitative estimate of drug-likeness (QED) is 0.475. The number of alkyl halides is 3. The number of carbonyl (C=O) groups excluding carboxylic acids is 1. The zero-order valence-electron chi connectivity index (χ0n) is 17.7. The molecule has 5 rings (SSSR count). The number of hydrogen-bond donors (Lipinski definition) is 0. The Morgan fingerprint density at radius 3 is 2.50 bits per heavy atom. The largest absolute Gasteiger partial charge is 0.433 e. The minimum absolute atomic E-state index is 0.0396. The van der Waals surface area contributed by atoms with Crippen LogP contribution in [0.2, 0.25) is 5.02 Å². The number of hydrogen-bond acceptors (Lipinski definition) is 3. The fraction of sp³-hybridized carbons (Fsp3) is 0.435. The van der Waals surface area contributed by atoms with Crippen LogP contribution in [0.25, 0.3) is 16.9 Å². The van der Waals surface area contributed by atoms with Crippen LogP contribution in [0.3, 0.4) is 0 Å². The lowest BCUT2D eigenvalue weighted by molar-refractivity contribution is -0.143. The first-order valence-electron chi connectivity index (χ1n) is 10.8. The van der Waals surface area contributed by atoms with Gasteiger partial charge in [-0.15, -0.1) is 0 Å². The van der Waals surface area contributed by atoms with Crippen LogP contribution in [0.4, 0.5) is 13.2 Å². The summed E-state index contributed by atoms with van der Waals surface area (Å²) in [6.07, 6.45) is -1.36. The fourth-order valence-electron chi connectivity index (χ4n) is 5.12. The van der Waals surface area contributed by atoms with Crippen molar-refractivity contribution in [3.05, 3.63) is 51.8 Å². The van der Waals surface area contributed by atoms with Crippen molar-refractivity contribution in [2.24, 2.45) is 0 Å². The normalized spacial score (nSPS) is 20.9. The number of likely N-dealkylation sites (tertiary alicyclic amines) is 1. The monoisotopic (exact) mass is 462 g/mol. The Hall–Kier alpha value is -2.61. The molecule has 0 unspecified atom stereocenters. The molecule has 1 aliphatic carbocycles. The Morgan fingerprint density at radius 2 is 1.81 bits per heavy atom. The van der Waals surface area contributed by atoms with E-state index in [1.165, 1.54) is 0 Å². The van der Waals surface area contributed by atoms with E-state index in [4.69, 9.17) is 11.6 Å². The van der Waals surface area contributed by atoms with Crippen molar-refractivity contribution in [2.75, 3.05) is 0 Å². The number of aryl methyl sites for hydroxylation is 1. The number of amides is 1. The van der Waals surface area contributed by atoms with Gasteiger partial charge in [-0.3, -0.25) is 4.79 Å². The van der Waals surface area contributed by atoms with E-state index in [0.29, 0.717) is 12.0 Å². The van der Waals surface area contributed by atoms with E-state index in [1.807, 2.05) is 26.0 Å². The molecule has 0 radical (unpaired) electrons. The van der Waals surface area contributed by atoms with E-state index in [1.54, 1.807) is 17.0 Å². The summed E-state index contributed by atoms with van der Waals surface area (Å²) in [6.45, 7) is 3.87. The Kier molecular flexibility index (Phi) is 4.96. The molecular formula is C23H22ClF3N4O. The topological polar surface area (TPSA) is 50.5 Å². The van der Waals surface area contributed by atoms with Gasteiger partial charge in [-0.2, -0.15) is 18.3 Å². The van der Waals surface area contributed by atoms with Crippen LogP contribution in [-0.4, -0.2) is 37.5 Å². The zero-order valence-corrected chi connectivity index (χ0v) is 18.5. The van der Waals surface area contributed by atoms with Crippen LogP contribution in [0.5, 0.6) is 0 Å². The Labute approximate surface area is 188 Å². The van der Waals surface area contributed by atoms with Gasteiger partial charge in [0.1, 0.15) is 5.02 Å². The Balaban J connectivity index is 1.75. The van der Waals surface area contributed by atoms with Gasteiger partial charge >= 0.3 is 6.18 Å². The molecule has 1 saturated heterocycles. The average Bonchev–Trinajstić information content (AvgIpc) is 3.07. The molecule has 2 aromatic heterocycles. The maximum atomic E-state index is 14.3. The Morgan fingerprint density at radius 1 is 1.12 bits per heavy atom. The summed E-state index contributed by atoms with van der Waals surface area (Å²) in [7, 11) is 0. The summed E-state index contributed by atoms with van der Waals surface area (Å²) < 4.78 is 43.6. The third-order valence-corrected chi connectivity index (χ3v) is 6.97. The molecule has 1 amide bonds. The average molecular weight is 463 g/mol. The SMILES string of the molecule is C[C@H]1CCC[C@H](C)N1C(=O)c1nn2c(C(F)(F)F)c3c(nc2c1Cl)-c1ccccc1CC3.